The van der Waals surface area contributed by atoms with Crippen molar-refractivity contribution in [3.63, 3.8) is 0 Å². The molecule has 1 heterocycles. The van der Waals surface area contributed by atoms with Gasteiger partial charge in [-0.25, -0.2) is 0 Å². The zero-order valence-electron chi connectivity index (χ0n) is 15.2. The molecule has 0 saturated carbocycles. The molecule has 29 heavy (non-hydrogen) atoms. The van der Waals surface area contributed by atoms with Crippen LogP contribution in [0.1, 0.15) is 22.3 Å². The molecule has 1 atom stereocenters. The Labute approximate surface area is 164 Å². The molecule has 1 aliphatic heterocycles. The second-order valence-corrected chi connectivity index (χ2v) is 6.71. The van der Waals surface area contributed by atoms with E-state index < -0.39 is 23.1 Å². The summed E-state index contributed by atoms with van der Waals surface area (Å²) < 4.78 is 45.9. The fraction of sp³-hybridized carbons (Fsp3) is 0.136. The molecule has 0 aliphatic carbocycles. The van der Waals surface area contributed by atoms with Crippen LogP contribution in [0.3, 0.4) is 0 Å². The number of anilines is 1. The Morgan fingerprint density at radius 3 is 2.07 bits per heavy atom. The lowest BCUT2D eigenvalue weighted by Crippen LogP contribution is -2.36. The molecule has 7 heteroatoms. The third kappa shape index (κ3) is 2.81. The van der Waals surface area contributed by atoms with Crippen LogP contribution in [0.15, 0.2) is 66.7 Å². The molecule has 0 aromatic heterocycles. The highest BCUT2D eigenvalue weighted by Crippen LogP contribution is 2.51. The minimum atomic E-state index is -4.62. The topological polar surface area (TPSA) is 58.6 Å². The first-order valence-electron chi connectivity index (χ1n) is 8.74. The Balaban J connectivity index is 2.05. The number of hydrogen-bond acceptors (Lipinski definition) is 3. The first kappa shape index (κ1) is 18.9. The van der Waals surface area contributed by atoms with Gasteiger partial charge < -0.3 is 15.2 Å². The van der Waals surface area contributed by atoms with Crippen molar-refractivity contribution in [2.45, 2.75) is 11.6 Å². The van der Waals surface area contributed by atoms with Crippen molar-refractivity contribution in [1.29, 1.82) is 0 Å². The number of halogens is 3. The van der Waals surface area contributed by atoms with Gasteiger partial charge in [-0.05, 0) is 41.5 Å². The molecule has 4 nitrogen and oxygen atoms in total. The van der Waals surface area contributed by atoms with Gasteiger partial charge in [0, 0.05) is 5.56 Å². The van der Waals surface area contributed by atoms with E-state index in [-0.39, 0.29) is 17.0 Å². The van der Waals surface area contributed by atoms with Gasteiger partial charge in [0.25, 0.3) is 0 Å². The molecule has 148 valence electrons. The number of methoxy groups -OCH3 is 1. The van der Waals surface area contributed by atoms with Gasteiger partial charge in [0.15, 0.2) is 0 Å². The summed E-state index contributed by atoms with van der Waals surface area (Å²) in [6, 6.07) is 16.2. The summed E-state index contributed by atoms with van der Waals surface area (Å²) >= 11 is 0. The van der Waals surface area contributed by atoms with Gasteiger partial charge in [-0.3, -0.25) is 4.79 Å². The number of ether oxygens (including phenoxy) is 1. The maximum atomic E-state index is 13.6. The van der Waals surface area contributed by atoms with Crippen molar-refractivity contribution in [3.05, 3.63) is 89.0 Å². The van der Waals surface area contributed by atoms with Crippen molar-refractivity contribution in [3.8, 4) is 11.5 Å². The van der Waals surface area contributed by atoms with Crippen LogP contribution in [0.4, 0.5) is 18.9 Å². The molecule has 3 aromatic carbocycles. The predicted molar refractivity (Wildman–Crippen MR) is 101 cm³/mol. The van der Waals surface area contributed by atoms with Crippen molar-refractivity contribution >= 4 is 11.6 Å². The Bertz CT molecular complexity index is 1080. The molecule has 0 saturated heterocycles. The fourth-order valence-corrected chi connectivity index (χ4v) is 3.86. The third-order valence-electron chi connectivity index (χ3n) is 5.18. The van der Waals surface area contributed by atoms with Gasteiger partial charge in [-0.1, -0.05) is 36.4 Å². The summed E-state index contributed by atoms with van der Waals surface area (Å²) in [5, 5.41) is 12.1. The largest absolute Gasteiger partial charge is 0.508 e. The van der Waals surface area contributed by atoms with E-state index >= 15 is 0 Å². The fourth-order valence-electron chi connectivity index (χ4n) is 3.86. The average molecular weight is 399 g/mol. The Kier molecular flexibility index (Phi) is 4.26. The summed E-state index contributed by atoms with van der Waals surface area (Å²) in [5.74, 6) is -0.0568. The molecule has 0 spiro atoms. The highest BCUT2D eigenvalue weighted by molar-refractivity contribution is 6.12. The van der Waals surface area contributed by atoms with E-state index in [4.69, 9.17) is 4.74 Å². The lowest BCUT2D eigenvalue weighted by molar-refractivity contribution is -0.136. The van der Waals surface area contributed by atoms with E-state index in [9.17, 15) is 23.1 Å². The number of phenols is 1. The predicted octanol–water partition coefficient (Wildman–Crippen LogP) is 4.71. The normalized spacial score (nSPS) is 18.3. The van der Waals surface area contributed by atoms with E-state index in [0.717, 1.165) is 6.07 Å². The minimum Gasteiger partial charge on any atom is -0.508 e. The van der Waals surface area contributed by atoms with Crippen LogP contribution in [-0.4, -0.2) is 18.1 Å². The molecular formula is C22H16F3NO3. The number of nitrogens with one attached hydrogen (secondary N) is 1. The maximum absolute atomic E-state index is 13.6. The summed E-state index contributed by atoms with van der Waals surface area (Å²) in [4.78, 5) is 13.3. The van der Waals surface area contributed by atoms with Crippen molar-refractivity contribution < 1.29 is 27.8 Å². The zero-order chi connectivity index (χ0) is 20.8. The lowest BCUT2D eigenvalue weighted by atomic mass is 9.70. The smallest absolute Gasteiger partial charge is 0.418 e. The maximum Gasteiger partial charge on any atom is 0.418 e. The number of phenolic OH excluding ortho intramolecular Hbond substituents is 1. The quantitative estimate of drug-likeness (QED) is 0.671. The number of carbonyl (C=O) groups excluding carboxylic acids is 1. The van der Waals surface area contributed by atoms with Gasteiger partial charge in [-0.2, -0.15) is 13.2 Å². The standard InChI is InChI=1S/C22H16F3NO3/c1-29-16-11-7-14(8-12-16)21(13-5-9-15(27)10-6-13)17-3-2-4-18(22(23,24)25)19(17)26-20(21)28/h2-12,27H,1H3,(H,26,28)/t21-/m0/s1. The number of hydrogen-bond donors (Lipinski definition) is 2. The lowest BCUT2D eigenvalue weighted by Gasteiger charge is -2.29. The summed E-state index contributed by atoms with van der Waals surface area (Å²) in [6.45, 7) is 0. The van der Waals surface area contributed by atoms with Crippen LogP contribution < -0.4 is 10.1 Å². The highest BCUT2D eigenvalue weighted by atomic mass is 19.4. The van der Waals surface area contributed by atoms with E-state index in [1.165, 1.54) is 43.5 Å². The van der Waals surface area contributed by atoms with Gasteiger partial charge in [-0.15, -0.1) is 0 Å². The highest BCUT2D eigenvalue weighted by Gasteiger charge is 2.52. The van der Waals surface area contributed by atoms with Crippen LogP contribution in [0.2, 0.25) is 0 Å². The number of fused-ring (bicyclic) bond motifs is 1. The van der Waals surface area contributed by atoms with Crippen LogP contribution in [0.25, 0.3) is 0 Å². The average Bonchev–Trinajstić information content (AvgIpc) is 3.00. The van der Waals surface area contributed by atoms with Gasteiger partial charge in [0.05, 0.1) is 18.4 Å². The molecule has 0 fully saturated rings. The van der Waals surface area contributed by atoms with Crippen molar-refractivity contribution in [1.82, 2.24) is 0 Å². The van der Waals surface area contributed by atoms with Gasteiger partial charge in [0.2, 0.25) is 5.91 Å². The van der Waals surface area contributed by atoms with Crippen LogP contribution >= 0.6 is 0 Å². The van der Waals surface area contributed by atoms with E-state index in [1.54, 1.807) is 24.3 Å². The van der Waals surface area contributed by atoms with Crippen LogP contribution in [0, 0.1) is 0 Å². The monoisotopic (exact) mass is 399 g/mol. The first-order valence-corrected chi connectivity index (χ1v) is 8.74. The minimum absolute atomic E-state index is 0.0127. The molecule has 1 aliphatic rings. The number of alkyl halides is 3. The van der Waals surface area contributed by atoms with Crippen molar-refractivity contribution in [2.75, 3.05) is 12.4 Å². The molecule has 1 amide bonds. The third-order valence-corrected chi connectivity index (χ3v) is 5.18. The summed E-state index contributed by atoms with van der Waals surface area (Å²) in [5.41, 5.74) is -1.54. The second kappa shape index (κ2) is 6.55. The Hall–Kier alpha value is -3.48. The number of benzene rings is 3. The van der Waals surface area contributed by atoms with Crippen molar-refractivity contribution in [2.24, 2.45) is 0 Å². The van der Waals surface area contributed by atoms with Crippen LogP contribution in [0.5, 0.6) is 11.5 Å². The molecule has 0 bridgehead atoms. The molecule has 3 aromatic rings. The Morgan fingerprint density at radius 1 is 0.931 bits per heavy atom. The van der Waals surface area contributed by atoms with Gasteiger partial charge in [0.1, 0.15) is 16.9 Å². The zero-order valence-corrected chi connectivity index (χ0v) is 15.2. The molecule has 0 radical (unpaired) electrons. The van der Waals surface area contributed by atoms with Gasteiger partial charge >= 0.3 is 6.18 Å². The molecule has 2 N–H and O–H groups in total. The van der Waals surface area contributed by atoms with E-state index in [1.807, 2.05) is 0 Å². The second-order valence-electron chi connectivity index (χ2n) is 6.71. The number of rotatable bonds is 3. The number of para-hydroxylation sites is 1. The number of carbonyl (C=O) groups is 1. The summed E-state index contributed by atoms with van der Waals surface area (Å²) in [7, 11) is 1.50. The molecular weight excluding hydrogens is 383 g/mol. The Morgan fingerprint density at radius 2 is 1.52 bits per heavy atom. The molecule has 0 unspecified atom stereocenters. The SMILES string of the molecule is COc1ccc([C@]2(c3ccc(O)cc3)C(=O)Nc3c(C(F)(F)F)cccc32)cc1. The number of aromatic hydroxyl groups is 1. The van der Waals surface area contributed by atoms with E-state index in [0.29, 0.717) is 16.9 Å². The van der Waals surface area contributed by atoms with Crippen LogP contribution in [-0.2, 0) is 16.4 Å². The summed E-state index contributed by atoms with van der Waals surface area (Å²) in [6.07, 6.45) is -4.62. The molecule has 4 rings (SSSR count). The first-order chi connectivity index (χ1) is 13.8. The number of amides is 1. The van der Waals surface area contributed by atoms with E-state index in [2.05, 4.69) is 5.32 Å².